The van der Waals surface area contributed by atoms with Gasteiger partial charge in [0, 0.05) is 6.42 Å². The molecule has 0 saturated carbocycles. The summed E-state index contributed by atoms with van der Waals surface area (Å²) in [6.45, 7) is 1.67. The van der Waals surface area contributed by atoms with Crippen LogP contribution in [0.3, 0.4) is 0 Å². The average molecular weight is 381 g/mol. The highest BCUT2D eigenvalue weighted by atomic mass is 16.5. The van der Waals surface area contributed by atoms with Gasteiger partial charge in [0.1, 0.15) is 19.2 Å². The number of para-hydroxylation sites is 2. The first-order chi connectivity index (χ1) is 13.5. The maximum absolute atomic E-state index is 12.8. The Balaban J connectivity index is 1.82. The van der Waals surface area contributed by atoms with Crippen molar-refractivity contribution in [2.45, 2.75) is 26.0 Å². The molecule has 1 aliphatic rings. The number of hydrogen-bond donors (Lipinski definition) is 1. The lowest BCUT2D eigenvalue weighted by Crippen LogP contribution is -2.49. The fourth-order valence-electron chi connectivity index (χ4n) is 3.12. The lowest BCUT2D eigenvalue weighted by atomic mass is 10.2. The molecular weight excluding hydrogens is 358 g/mol. The first-order valence-electron chi connectivity index (χ1n) is 9.17. The van der Waals surface area contributed by atoms with Gasteiger partial charge in [0.2, 0.25) is 11.8 Å². The molecule has 1 atom stereocenters. The second kappa shape index (κ2) is 8.67. The van der Waals surface area contributed by atoms with Crippen LogP contribution in [0.4, 0.5) is 11.4 Å². The standard InChI is InChI=1S/C21H23N3O4/c1-2-19(25)23-12-16(22)21(27)24(18-11-7-6-10-17(18)23)13-20(26)28-14-15-8-4-3-5-9-15/h3-11,16H,2,12-14,22H2,1H3/t16-/m0/s1. The van der Waals surface area contributed by atoms with Gasteiger partial charge in [0.05, 0.1) is 17.9 Å². The Morgan fingerprint density at radius 1 is 1.07 bits per heavy atom. The number of benzene rings is 2. The van der Waals surface area contributed by atoms with Gasteiger partial charge in [-0.1, -0.05) is 49.4 Å². The van der Waals surface area contributed by atoms with Gasteiger partial charge in [-0.15, -0.1) is 0 Å². The minimum Gasteiger partial charge on any atom is -0.459 e. The van der Waals surface area contributed by atoms with E-state index in [1.807, 2.05) is 30.3 Å². The summed E-state index contributed by atoms with van der Waals surface area (Å²) < 4.78 is 5.31. The van der Waals surface area contributed by atoms with Crippen molar-refractivity contribution in [2.75, 3.05) is 22.9 Å². The molecule has 0 aliphatic carbocycles. The van der Waals surface area contributed by atoms with E-state index >= 15 is 0 Å². The van der Waals surface area contributed by atoms with Crippen molar-refractivity contribution >= 4 is 29.2 Å². The smallest absolute Gasteiger partial charge is 0.326 e. The first kappa shape index (κ1) is 19.6. The zero-order valence-electron chi connectivity index (χ0n) is 15.7. The predicted molar refractivity (Wildman–Crippen MR) is 106 cm³/mol. The van der Waals surface area contributed by atoms with Gasteiger partial charge in [0.25, 0.3) is 0 Å². The number of carbonyl (C=O) groups is 3. The lowest BCUT2D eigenvalue weighted by Gasteiger charge is -2.24. The molecule has 3 rings (SSSR count). The third-order valence-electron chi connectivity index (χ3n) is 4.56. The van der Waals surface area contributed by atoms with E-state index in [-0.39, 0.29) is 32.0 Å². The van der Waals surface area contributed by atoms with E-state index in [0.29, 0.717) is 11.4 Å². The summed E-state index contributed by atoms with van der Waals surface area (Å²) in [6.07, 6.45) is 0.286. The molecule has 28 heavy (non-hydrogen) atoms. The molecule has 0 unspecified atom stereocenters. The normalized spacial score (nSPS) is 16.4. The predicted octanol–water partition coefficient (Wildman–Crippen LogP) is 1.85. The van der Waals surface area contributed by atoms with Crippen LogP contribution in [0.1, 0.15) is 18.9 Å². The number of fused-ring (bicyclic) bond motifs is 1. The molecule has 0 radical (unpaired) electrons. The van der Waals surface area contributed by atoms with Crippen LogP contribution in [0.15, 0.2) is 54.6 Å². The van der Waals surface area contributed by atoms with Gasteiger partial charge in [-0.2, -0.15) is 0 Å². The molecular formula is C21H23N3O4. The van der Waals surface area contributed by atoms with Gasteiger partial charge in [0.15, 0.2) is 0 Å². The third-order valence-corrected chi connectivity index (χ3v) is 4.56. The van der Waals surface area contributed by atoms with Crippen LogP contribution in [-0.2, 0) is 25.7 Å². The van der Waals surface area contributed by atoms with Crippen LogP contribution in [0.5, 0.6) is 0 Å². The van der Waals surface area contributed by atoms with E-state index in [9.17, 15) is 14.4 Å². The fourth-order valence-corrected chi connectivity index (χ4v) is 3.12. The summed E-state index contributed by atoms with van der Waals surface area (Å²) in [5, 5.41) is 0. The Kier molecular flexibility index (Phi) is 6.06. The topological polar surface area (TPSA) is 92.9 Å². The number of nitrogens with two attached hydrogens (primary N) is 1. The molecule has 1 heterocycles. The molecule has 7 heteroatoms. The maximum Gasteiger partial charge on any atom is 0.326 e. The molecule has 1 aliphatic heterocycles. The molecule has 2 aromatic carbocycles. The Morgan fingerprint density at radius 2 is 1.71 bits per heavy atom. The Morgan fingerprint density at radius 3 is 2.39 bits per heavy atom. The highest BCUT2D eigenvalue weighted by Crippen LogP contribution is 2.32. The zero-order chi connectivity index (χ0) is 20.1. The number of carbonyl (C=O) groups excluding carboxylic acids is 3. The van der Waals surface area contributed by atoms with Crippen molar-refractivity contribution in [3.8, 4) is 0 Å². The Bertz CT molecular complexity index is 869. The van der Waals surface area contributed by atoms with Crippen molar-refractivity contribution in [1.82, 2.24) is 0 Å². The molecule has 2 aromatic rings. The number of esters is 1. The molecule has 0 aromatic heterocycles. The van der Waals surface area contributed by atoms with Crippen LogP contribution < -0.4 is 15.5 Å². The lowest BCUT2D eigenvalue weighted by molar-refractivity contribution is -0.144. The minimum atomic E-state index is -0.926. The van der Waals surface area contributed by atoms with E-state index in [0.717, 1.165) is 5.56 Å². The summed E-state index contributed by atoms with van der Waals surface area (Å²) in [4.78, 5) is 40.4. The SMILES string of the molecule is CCC(=O)N1C[C@H](N)C(=O)N(CC(=O)OCc2ccccc2)c2ccccc21. The van der Waals surface area contributed by atoms with Crippen LogP contribution in [0.25, 0.3) is 0 Å². The van der Waals surface area contributed by atoms with Crippen LogP contribution in [-0.4, -0.2) is 36.9 Å². The number of hydrogen-bond acceptors (Lipinski definition) is 5. The summed E-state index contributed by atoms with van der Waals surface area (Å²) in [5.41, 5.74) is 7.92. The molecule has 2 amide bonds. The number of amides is 2. The zero-order valence-corrected chi connectivity index (χ0v) is 15.7. The van der Waals surface area contributed by atoms with Gasteiger partial charge in [-0.3, -0.25) is 19.3 Å². The van der Waals surface area contributed by atoms with Crippen molar-refractivity contribution < 1.29 is 19.1 Å². The van der Waals surface area contributed by atoms with Gasteiger partial charge in [-0.25, -0.2) is 0 Å². The highest BCUT2D eigenvalue weighted by molar-refractivity contribution is 6.08. The van der Waals surface area contributed by atoms with E-state index < -0.39 is 17.9 Å². The van der Waals surface area contributed by atoms with E-state index in [2.05, 4.69) is 0 Å². The second-order valence-electron chi connectivity index (χ2n) is 6.52. The van der Waals surface area contributed by atoms with Gasteiger partial charge >= 0.3 is 5.97 Å². The molecule has 0 spiro atoms. The highest BCUT2D eigenvalue weighted by Gasteiger charge is 2.34. The van der Waals surface area contributed by atoms with Crippen molar-refractivity contribution in [2.24, 2.45) is 5.73 Å². The van der Waals surface area contributed by atoms with Gasteiger partial charge < -0.3 is 15.4 Å². The minimum absolute atomic E-state index is 0.0675. The monoisotopic (exact) mass is 381 g/mol. The number of anilines is 2. The second-order valence-corrected chi connectivity index (χ2v) is 6.52. The van der Waals surface area contributed by atoms with Crippen molar-refractivity contribution in [1.29, 1.82) is 0 Å². The van der Waals surface area contributed by atoms with Crippen LogP contribution in [0.2, 0.25) is 0 Å². The number of rotatable bonds is 5. The van der Waals surface area contributed by atoms with E-state index in [1.54, 1.807) is 31.2 Å². The van der Waals surface area contributed by atoms with Crippen molar-refractivity contribution in [3.63, 3.8) is 0 Å². The van der Waals surface area contributed by atoms with Crippen molar-refractivity contribution in [3.05, 3.63) is 60.2 Å². The number of ether oxygens (including phenoxy) is 1. The maximum atomic E-state index is 12.8. The molecule has 2 N–H and O–H groups in total. The molecule has 146 valence electrons. The van der Waals surface area contributed by atoms with Crippen LogP contribution in [0, 0.1) is 0 Å². The largest absolute Gasteiger partial charge is 0.459 e. The average Bonchev–Trinajstić information content (AvgIpc) is 2.83. The molecule has 7 nitrogen and oxygen atoms in total. The fraction of sp³-hybridized carbons (Fsp3) is 0.286. The van der Waals surface area contributed by atoms with E-state index in [4.69, 9.17) is 10.5 Å². The summed E-state index contributed by atoms with van der Waals surface area (Å²) in [7, 11) is 0. The molecule has 0 saturated heterocycles. The summed E-state index contributed by atoms with van der Waals surface area (Å²) in [6, 6.07) is 15.3. The molecule has 0 bridgehead atoms. The quantitative estimate of drug-likeness (QED) is 0.798. The Labute approximate surface area is 163 Å². The molecule has 0 fully saturated rings. The Hall–Kier alpha value is -3.19. The summed E-state index contributed by atoms with van der Waals surface area (Å²) in [5.74, 6) is -1.10. The van der Waals surface area contributed by atoms with Gasteiger partial charge in [-0.05, 0) is 17.7 Å². The number of nitrogens with zero attached hydrogens (tertiary/aromatic N) is 2. The van der Waals surface area contributed by atoms with Crippen LogP contribution >= 0.6 is 0 Å². The summed E-state index contributed by atoms with van der Waals surface area (Å²) >= 11 is 0. The van der Waals surface area contributed by atoms with E-state index in [1.165, 1.54) is 9.80 Å². The first-order valence-corrected chi connectivity index (χ1v) is 9.17. The third kappa shape index (κ3) is 4.20.